The minimum absolute atomic E-state index is 0.614. The number of aromatic nitrogens is 2. The van der Waals surface area contributed by atoms with Gasteiger partial charge in [-0.05, 0) is 42.7 Å². The van der Waals surface area contributed by atoms with Crippen molar-refractivity contribution in [1.82, 2.24) is 9.78 Å². The number of nitrogen functional groups attached to an aromatic ring is 1. The Morgan fingerprint density at radius 2 is 2.00 bits per heavy atom. The number of aryl methyl sites for hydroxylation is 2. The van der Waals surface area contributed by atoms with Gasteiger partial charge < -0.3 is 5.73 Å². The average Bonchev–Trinajstić information content (AvgIpc) is 2.64. The lowest BCUT2D eigenvalue weighted by Gasteiger charge is -2.09. The summed E-state index contributed by atoms with van der Waals surface area (Å²) in [5, 5.41) is 13.1. The molecule has 17 heavy (non-hydrogen) atoms. The summed E-state index contributed by atoms with van der Waals surface area (Å²) in [6.07, 6.45) is 1.73. The molecule has 2 rings (SSSR count). The summed E-state index contributed by atoms with van der Waals surface area (Å²) in [6, 6.07) is 5.90. The summed E-state index contributed by atoms with van der Waals surface area (Å²) in [5.41, 5.74) is 10.7. The predicted molar refractivity (Wildman–Crippen MR) is 67.2 cm³/mol. The molecule has 0 bridgehead atoms. The number of rotatable bonds is 1. The number of anilines is 1. The number of hydrogen-bond donors (Lipinski definition) is 1. The second-order valence-corrected chi connectivity index (χ2v) is 4.14. The Balaban J connectivity index is 2.71. The van der Waals surface area contributed by atoms with E-state index in [1.807, 2.05) is 26.0 Å². The molecular formula is C13H14N4. The fraction of sp³-hybridized carbons (Fsp3) is 0.231. The normalized spacial score (nSPS) is 10.2. The van der Waals surface area contributed by atoms with Crippen molar-refractivity contribution in [2.75, 3.05) is 5.73 Å². The van der Waals surface area contributed by atoms with E-state index in [4.69, 9.17) is 11.0 Å². The first-order valence-corrected chi connectivity index (χ1v) is 5.33. The van der Waals surface area contributed by atoms with E-state index in [0.29, 0.717) is 11.4 Å². The molecule has 1 aromatic heterocycles. The molecule has 0 spiro atoms. The fourth-order valence-corrected chi connectivity index (χ4v) is 1.86. The van der Waals surface area contributed by atoms with Gasteiger partial charge in [0.25, 0.3) is 0 Å². The Labute approximate surface area is 100 Å². The molecule has 0 aliphatic carbocycles. The van der Waals surface area contributed by atoms with Gasteiger partial charge in [-0.15, -0.1) is 0 Å². The molecular weight excluding hydrogens is 212 g/mol. The lowest BCUT2D eigenvalue weighted by molar-refractivity contribution is 0.779. The van der Waals surface area contributed by atoms with Crippen LogP contribution >= 0.6 is 0 Å². The van der Waals surface area contributed by atoms with Crippen LogP contribution < -0.4 is 5.73 Å². The van der Waals surface area contributed by atoms with Crippen molar-refractivity contribution < 1.29 is 0 Å². The topological polar surface area (TPSA) is 67.6 Å². The lowest BCUT2D eigenvalue weighted by Crippen LogP contribution is -1.99. The van der Waals surface area contributed by atoms with Gasteiger partial charge in [-0.2, -0.15) is 10.4 Å². The van der Waals surface area contributed by atoms with Crippen LogP contribution in [0.25, 0.3) is 11.1 Å². The van der Waals surface area contributed by atoms with E-state index in [9.17, 15) is 0 Å². The molecule has 4 heteroatoms. The van der Waals surface area contributed by atoms with Crippen LogP contribution in [-0.4, -0.2) is 9.78 Å². The van der Waals surface area contributed by atoms with E-state index >= 15 is 0 Å². The third-order valence-corrected chi connectivity index (χ3v) is 3.07. The molecule has 0 aliphatic heterocycles. The highest BCUT2D eigenvalue weighted by Gasteiger charge is 2.12. The maximum atomic E-state index is 9.00. The zero-order chi connectivity index (χ0) is 12.6. The maximum Gasteiger partial charge on any atom is 0.129 e. The van der Waals surface area contributed by atoms with Crippen LogP contribution in [0.2, 0.25) is 0 Å². The van der Waals surface area contributed by atoms with Crippen molar-refractivity contribution in [3.05, 3.63) is 35.0 Å². The molecule has 0 aliphatic rings. The van der Waals surface area contributed by atoms with Crippen molar-refractivity contribution in [2.45, 2.75) is 13.8 Å². The van der Waals surface area contributed by atoms with Gasteiger partial charge in [-0.25, -0.2) is 0 Å². The molecule has 1 heterocycles. The van der Waals surface area contributed by atoms with Crippen LogP contribution in [0.4, 0.5) is 5.82 Å². The van der Waals surface area contributed by atoms with E-state index in [1.54, 1.807) is 17.9 Å². The third-order valence-electron chi connectivity index (χ3n) is 3.07. The Morgan fingerprint density at radius 3 is 2.53 bits per heavy atom. The van der Waals surface area contributed by atoms with Gasteiger partial charge >= 0.3 is 0 Å². The Bertz CT molecular complexity index is 617. The Morgan fingerprint density at radius 1 is 1.29 bits per heavy atom. The number of nitrogens with two attached hydrogens (primary N) is 1. The van der Waals surface area contributed by atoms with Gasteiger partial charge in [0.2, 0.25) is 0 Å². The zero-order valence-corrected chi connectivity index (χ0v) is 10.2. The van der Waals surface area contributed by atoms with Gasteiger partial charge in [0.05, 0.1) is 17.8 Å². The summed E-state index contributed by atoms with van der Waals surface area (Å²) in [5.74, 6) is 0.614. The standard InChI is InChI=1S/C13H14N4/c1-8-4-10(6-14)5-11(9(8)2)12-7-16-17(3)13(12)15/h4-5,7H,15H2,1-3H3. The van der Waals surface area contributed by atoms with E-state index in [1.165, 1.54) is 0 Å². The molecule has 0 saturated heterocycles. The van der Waals surface area contributed by atoms with Crippen LogP contribution in [0.15, 0.2) is 18.3 Å². The largest absolute Gasteiger partial charge is 0.383 e. The van der Waals surface area contributed by atoms with Gasteiger partial charge in [0.15, 0.2) is 0 Å². The van der Waals surface area contributed by atoms with E-state index < -0.39 is 0 Å². The summed E-state index contributed by atoms with van der Waals surface area (Å²) in [7, 11) is 1.80. The Hall–Kier alpha value is -2.28. The summed E-state index contributed by atoms with van der Waals surface area (Å²) in [4.78, 5) is 0. The van der Waals surface area contributed by atoms with E-state index in [-0.39, 0.29) is 0 Å². The van der Waals surface area contributed by atoms with Crippen molar-refractivity contribution in [2.24, 2.45) is 7.05 Å². The molecule has 0 atom stereocenters. The van der Waals surface area contributed by atoms with Crippen LogP contribution in [0.1, 0.15) is 16.7 Å². The molecule has 1 aromatic carbocycles. The highest BCUT2D eigenvalue weighted by molar-refractivity contribution is 5.77. The molecule has 0 unspecified atom stereocenters. The van der Waals surface area contributed by atoms with Crippen LogP contribution in [0.3, 0.4) is 0 Å². The van der Waals surface area contributed by atoms with Crippen LogP contribution in [0.5, 0.6) is 0 Å². The van der Waals surface area contributed by atoms with Crippen LogP contribution in [-0.2, 0) is 7.05 Å². The second kappa shape index (κ2) is 3.95. The highest BCUT2D eigenvalue weighted by atomic mass is 15.3. The summed E-state index contributed by atoms with van der Waals surface area (Å²) in [6.45, 7) is 4.02. The van der Waals surface area contributed by atoms with Crippen molar-refractivity contribution >= 4 is 5.82 Å². The molecule has 2 aromatic rings. The minimum atomic E-state index is 0.614. The number of nitriles is 1. The van der Waals surface area contributed by atoms with Gasteiger partial charge in [0, 0.05) is 12.6 Å². The first-order chi connectivity index (χ1) is 8.04. The van der Waals surface area contributed by atoms with Crippen LogP contribution in [0, 0.1) is 25.2 Å². The number of benzene rings is 1. The predicted octanol–water partition coefficient (Wildman–Crippen LogP) is 2.16. The van der Waals surface area contributed by atoms with E-state index in [0.717, 1.165) is 22.3 Å². The Kier molecular flexibility index (Phi) is 2.60. The summed E-state index contributed by atoms with van der Waals surface area (Å²) < 4.78 is 1.63. The third kappa shape index (κ3) is 1.76. The molecule has 0 radical (unpaired) electrons. The van der Waals surface area contributed by atoms with E-state index in [2.05, 4.69) is 11.2 Å². The lowest BCUT2D eigenvalue weighted by atomic mass is 9.96. The van der Waals surface area contributed by atoms with Gasteiger partial charge in [-0.1, -0.05) is 0 Å². The highest BCUT2D eigenvalue weighted by Crippen LogP contribution is 2.30. The summed E-state index contributed by atoms with van der Waals surface area (Å²) >= 11 is 0. The van der Waals surface area contributed by atoms with Gasteiger partial charge in [0.1, 0.15) is 5.82 Å². The molecule has 0 fully saturated rings. The van der Waals surface area contributed by atoms with Crippen molar-refractivity contribution in [3.63, 3.8) is 0 Å². The zero-order valence-electron chi connectivity index (χ0n) is 10.2. The number of hydrogen-bond acceptors (Lipinski definition) is 3. The average molecular weight is 226 g/mol. The quantitative estimate of drug-likeness (QED) is 0.810. The molecule has 0 saturated carbocycles. The molecule has 86 valence electrons. The van der Waals surface area contributed by atoms with Gasteiger partial charge in [-0.3, -0.25) is 4.68 Å². The molecule has 4 nitrogen and oxygen atoms in total. The SMILES string of the molecule is Cc1cc(C#N)cc(-c2cnn(C)c2N)c1C. The first kappa shape index (κ1) is 11.2. The molecule has 2 N–H and O–H groups in total. The smallest absolute Gasteiger partial charge is 0.129 e. The maximum absolute atomic E-state index is 9.00. The minimum Gasteiger partial charge on any atom is -0.383 e. The van der Waals surface area contributed by atoms with Crippen molar-refractivity contribution in [3.8, 4) is 17.2 Å². The second-order valence-electron chi connectivity index (χ2n) is 4.14. The first-order valence-electron chi connectivity index (χ1n) is 5.33. The monoisotopic (exact) mass is 226 g/mol. The number of nitrogens with zero attached hydrogens (tertiary/aromatic N) is 3. The van der Waals surface area contributed by atoms with Crippen molar-refractivity contribution in [1.29, 1.82) is 5.26 Å². The molecule has 0 amide bonds. The fourth-order valence-electron chi connectivity index (χ4n) is 1.86.